The van der Waals surface area contributed by atoms with E-state index in [0.717, 1.165) is 25.7 Å². The van der Waals surface area contributed by atoms with E-state index in [1.807, 2.05) is 11.3 Å². The molecule has 1 aromatic rings. The first-order chi connectivity index (χ1) is 8.86. The van der Waals surface area contributed by atoms with E-state index < -0.39 is 0 Å². The largest absolute Gasteiger partial charge is 0.380 e. The summed E-state index contributed by atoms with van der Waals surface area (Å²) < 4.78 is 5.78. The third-order valence-electron chi connectivity index (χ3n) is 3.75. The average molecular weight is 267 g/mol. The van der Waals surface area contributed by atoms with Gasteiger partial charge in [0.1, 0.15) is 0 Å². The van der Waals surface area contributed by atoms with Crippen molar-refractivity contribution in [2.24, 2.45) is 5.92 Å². The highest BCUT2D eigenvalue weighted by Crippen LogP contribution is 2.23. The van der Waals surface area contributed by atoms with Crippen molar-refractivity contribution in [1.29, 1.82) is 0 Å². The van der Waals surface area contributed by atoms with Crippen molar-refractivity contribution in [3.8, 4) is 0 Å². The summed E-state index contributed by atoms with van der Waals surface area (Å²) in [6, 6.07) is 4.74. The number of hydrogen-bond acceptors (Lipinski definition) is 3. The summed E-state index contributed by atoms with van der Waals surface area (Å²) in [5, 5.41) is 5.64. The summed E-state index contributed by atoms with van der Waals surface area (Å²) in [7, 11) is 0. The van der Waals surface area contributed by atoms with E-state index in [1.165, 1.54) is 37.0 Å². The molecule has 0 radical (unpaired) electrons. The van der Waals surface area contributed by atoms with E-state index in [4.69, 9.17) is 4.74 Å². The zero-order chi connectivity index (χ0) is 12.6. The molecule has 0 aliphatic heterocycles. The van der Waals surface area contributed by atoms with Gasteiger partial charge in [-0.05, 0) is 37.1 Å². The Kier molecular flexibility index (Phi) is 6.18. The second kappa shape index (κ2) is 7.93. The van der Waals surface area contributed by atoms with Gasteiger partial charge < -0.3 is 10.1 Å². The normalized spacial score (nSPS) is 18.9. The molecular weight excluding hydrogens is 242 g/mol. The van der Waals surface area contributed by atoms with E-state index in [9.17, 15) is 0 Å². The third-order valence-corrected chi connectivity index (χ3v) is 4.80. The van der Waals surface area contributed by atoms with Gasteiger partial charge in [0.05, 0.1) is 6.61 Å². The number of nitrogens with one attached hydrogen (secondary N) is 1. The maximum atomic E-state index is 5.78. The molecule has 1 aliphatic carbocycles. The molecule has 3 heteroatoms. The van der Waals surface area contributed by atoms with Gasteiger partial charge >= 0.3 is 0 Å². The Hall–Kier alpha value is -0.380. The summed E-state index contributed by atoms with van der Waals surface area (Å²) in [5.74, 6) is 0.827. The van der Waals surface area contributed by atoms with Crippen molar-refractivity contribution in [1.82, 2.24) is 5.32 Å². The smallest absolute Gasteiger partial charge is 0.0591 e. The Bertz CT molecular complexity index is 306. The summed E-state index contributed by atoms with van der Waals surface area (Å²) in [6.07, 6.45) is 6.98. The number of rotatable bonds is 7. The lowest BCUT2D eigenvalue weighted by Gasteiger charge is -2.21. The summed E-state index contributed by atoms with van der Waals surface area (Å²) >= 11 is 1.81. The fourth-order valence-corrected chi connectivity index (χ4v) is 3.35. The Morgan fingerprint density at radius 1 is 1.39 bits per heavy atom. The van der Waals surface area contributed by atoms with Crippen molar-refractivity contribution >= 4 is 11.3 Å². The average Bonchev–Trinajstić information content (AvgIpc) is 2.93. The van der Waals surface area contributed by atoms with E-state index in [-0.39, 0.29) is 0 Å². The van der Waals surface area contributed by atoms with Gasteiger partial charge in [0.25, 0.3) is 0 Å². The number of hydrogen-bond donors (Lipinski definition) is 1. The molecule has 1 atom stereocenters. The highest BCUT2D eigenvalue weighted by Gasteiger charge is 2.13. The minimum atomic E-state index is 0.447. The lowest BCUT2D eigenvalue weighted by molar-refractivity contribution is 0.0859. The van der Waals surface area contributed by atoms with Crippen molar-refractivity contribution < 1.29 is 4.74 Å². The Morgan fingerprint density at radius 3 is 2.94 bits per heavy atom. The molecule has 1 saturated carbocycles. The molecule has 1 N–H and O–H groups in total. The molecule has 0 spiro atoms. The molecule has 18 heavy (non-hydrogen) atoms. The van der Waals surface area contributed by atoms with Crippen LogP contribution in [0.25, 0.3) is 0 Å². The van der Waals surface area contributed by atoms with E-state index in [0.29, 0.717) is 6.04 Å². The highest BCUT2D eigenvalue weighted by molar-refractivity contribution is 7.10. The zero-order valence-electron chi connectivity index (χ0n) is 11.4. The van der Waals surface area contributed by atoms with Crippen LogP contribution in [0.2, 0.25) is 0 Å². The molecule has 0 aromatic carbocycles. The second-order valence-corrected chi connectivity index (χ2v) is 6.25. The molecular formula is C15H25NOS. The van der Waals surface area contributed by atoms with Gasteiger partial charge in [-0.3, -0.25) is 0 Å². The Morgan fingerprint density at radius 2 is 2.22 bits per heavy atom. The van der Waals surface area contributed by atoms with Gasteiger partial charge in [-0.25, -0.2) is 0 Å². The summed E-state index contributed by atoms with van der Waals surface area (Å²) in [6.45, 7) is 4.97. The van der Waals surface area contributed by atoms with Gasteiger partial charge in [-0.1, -0.05) is 25.3 Å². The lowest BCUT2D eigenvalue weighted by Crippen LogP contribution is -2.24. The highest BCUT2D eigenvalue weighted by atomic mass is 32.1. The number of thiophene rings is 1. The molecule has 0 amide bonds. The fourth-order valence-electron chi connectivity index (χ4n) is 2.59. The quantitative estimate of drug-likeness (QED) is 0.754. The first-order valence-electron chi connectivity index (χ1n) is 7.21. The van der Waals surface area contributed by atoms with Gasteiger partial charge in [-0.2, -0.15) is 0 Å². The predicted octanol–water partition coefficient (Wildman–Crippen LogP) is 4.00. The van der Waals surface area contributed by atoms with Gasteiger partial charge in [0, 0.05) is 24.1 Å². The topological polar surface area (TPSA) is 21.3 Å². The maximum absolute atomic E-state index is 5.78. The molecule has 0 saturated heterocycles. The van der Waals surface area contributed by atoms with Crippen molar-refractivity contribution in [2.45, 2.75) is 45.1 Å². The van der Waals surface area contributed by atoms with Crippen LogP contribution in [0.15, 0.2) is 17.5 Å². The van der Waals surface area contributed by atoms with E-state index in [1.54, 1.807) is 0 Å². The first-order valence-corrected chi connectivity index (χ1v) is 8.09. The van der Waals surface area contributed by atoms with Crippen molar-refractivity contribution in [3.63, 3.8) is 0 Å². The van der Waals surface area contributed by atoms with Gasteiger partial charge in [-0.15, -0.1) is 11.3 Å². The lowest BCUT2D eigenvalue weighted by atomic mass is 9.90. The molecule has 0 bridgehead atoms. The van der Waals surface area contributed by atoms with Crippen LogP contribution < -0.4 is 5.32 Å². The van der Waals surface area contributed by atoms with Crippen LogP contribution in [0.3, 0.4) is 0 Å². The van der Waals surface area contributed by atoms with Crippen LogP contribution in [0.4, 0.5) is 0 Å². The van der Waals surface area contributed by atoms with Gasteiger partial charge in [0.2, 0.25) is 0 Å². The minimum Gasteiger partial charge on any atom is -0.380 e. The monoisotopic (exact) mass is 267 g/mol. The van der Waals surface area contributed by atoms with Crippen LogP contribution >= 0.6 is 11.3 Å². The molecule has 2 nitrogen and oxygen atoms in total. The number of ether oxygens (including phenoxy) is 1. The first kappa shape index (κ1) is 14.0. The van der Waals surface area contributed by atoms with E-state index >= 15 is 0 Å². The van der Waals surface area contributed by atoms with Crippen LogP contribution in [0.5, 0.6) is 0 Å². The molecule has 1 aromatic heterocycles. The molecule has 1 fully saturated rings. The van der Waals surface area contributed by atoms with Crippen LogP contribution in [-0.2, 0) is 4.74 Å². The Balaban J connectivity index is 1.50. The molecule has 1 heterocycles. The molecule has 102 valence electrons. The standard InChI is InChI=1S/C15H25NOS/c1-13(15-8-5-11-18-15)16-9-10-17-12-14-6-3-2-4-7-14/h5,8,11,13-14,16H,2-4,6-7,9-10,12H2,1H3. The molecule has 2 rings (SSSR count). The SMILES string of the molecule is CC(NCCOCC1CCCCC1)c1cccs1. The maximum Gasteiger partial charge on any atom is 0.0591 e. The predicted molar refractivity (Wildman–Crippen MR) is 78.1 cm³/mol. The summed E-state index contributed by atoms with van der Waals surface area (Å²) in [5.41, 5.74) is 0. The van der Waals surface area contributed by atoms with E-state index in [2.05, 4.69) is 29.8 Å². The Labute approximate surface area is 115 Å². The zero-order valence-corrected chi connectivity index (χ0v) is 12.2. The minimum absolute atomic E-state index is 0.447. The van der Waals surface area contributed by atoms with Crippen molar-refractivity contribution in [3.05, 3.63) is 22.4 Å². The van der Waals surface area contributed by atoms with Crippen LogP contribution in [0, 0.1) is 5.92 Å². The van der Waals surface area contributed by atoms with Crippen LogP contribution in [0.1, 0.15) is 49.9 Å². The third kappa shape index (κ3) is 4.71. The fraction of sp³-hybridized carbons (Fsp3) is 0.733. The van der Waals surface area contributed by atoms with Crippen LogP contribution in [-0.4, -0.2) is 19.8 Å². The summed E-state index contributed by atoms with van der Waals surface area (Å²) in [4.78, 5) is 1.40. The second-order valence-electron chi connectivity index (χ2n) is 5.27. The molecule has 1 unspecified atom stereocenters. The van der Waals surface area contributed by atoms with Crippen molar-refractivity contribution in [2.75, 3.05) is 19.8 Å². The van der Waals surface area contributed by atoms with Gasteiger partial charge in [0.15, 0.2) is 0 Å². The molecule has 1 aliphatic rings.